The number of amides is 1. The SMILES string of the molecule is CS(=O)(=O)c1c(F)cc2c(ccn2Cc2cnc(C3=CCN(C(=O)O)CC3)cn2)c1F. The Morgan fingerprint density at radius 1 is 1.26 bits per heavy atom. The zero-order chi connectivity index (χ0) is 22.3. The molecule has 31 heavy (non-hydrogen) atoms. The Hall–Kier alpha value is -3.34. The van der Waals surface area contributed by atoms with Crippen LogP contribution in [0.15, 0.2) is 41.7 Å². The van der Waals surface area contributed by atoms with Crippen LogP contribution in [0.5, 0.6) is 0 Å². The predicted octanol–water partition coefficient (Wildman–Crippen LogP) is 2.93. The molecule has 0 aliphatic carbocycles. The van der Waals surface area contributed by atoms with E-state index in [2.05, 4.69) is 9.97 Å². The van der Waals surface area contributed by atoms with E-state index < -0.39 is 32.5 Å². The molecule has 0 atom stereocenters. The molecule has 1 aliphatic heterocycles. The summed E-state index contributed by atoms with van der Waals surface area (Å²) in [7, 11) is -4.05. The first kappa shape index (κ1) is 20.9. The third-order valence-corrected chi connectivity index (χ3v) is 6.26. The molecule has 1 N–H and O–H groups in total. The highest BCUT2D eigenvalue weighted by Gasteiger charge is 2.24. The maximum absolute atomic E-state index is 14.6. The van der Waals surface area contributed by atoms with Crippen LogP contribution in [-0.2, 0) is 16.4 Å². The highest BCUT2D eigenvalue weighted by Crippen LogP contribution is 2.28. The van der Waals surface area contributed by atoms with E-state index in [4.69, 9.17) is 5.11 Å². The van der Waals surface area contributed by atoms with E-state index in [0.717, 1.165) is 17.9 Å². The third-order valence-electron chi connectivity index (χ3n) is 5.14. The van der Waals surface area contributed by atoms with Crippen molar-refractivity contribution in [2.45, 2.75) is 17.9 Å². The van der Waals surface area contributed by atoms with Crippen molar-refractivity contribution in [3.05, 3.63) is 59.8 Å². The summed E-state index contributed by atoms with van der Waals surface area (Å²) in [4.78, 5) is 20.1. The van der Waals surface area contributed by atoms with Crippen molar-refractivity contribution in [1.29, 1.82) is 0 Å². The maximum atomic E-state index is 14.6. The number of halogens is 2. The number of hydrogen-bond donors (Lipinski definition) is 1. The van der Waals surface area contributed by atoms with Gasteiger partial charge in [0, 0.05) is 30.9 Å². The van der Waals surface area contributed by atoms with E-state index in [-0.39, 0.29) is 24.0 Å². The fraction of sp³-hybridized carbons (Fsp3) is 0.250. The van der Waals surface area contributed by atoms with Crippen LogP contribution in [0.4, 0.5) is 13.6 Å². The van der Waals surface area contributed by atoms with E-state index in [0.29, 0.717) is 24.4 Å². The smallest absolute Gasteiger partial charge is 0.407 e. The van der Waals surface area contributed by atoms with Gasteiger partial charge in [-0.3, -0.25) is 9.97 Å². The standard InChI is InChI=1S/C20H18F2N4O4S/c1-31(29,30)19-15(21)8-17-14(18(19)22)4-7-26(17)11-13-9-24-16(10-23-13)12-2-5-25(6-3-12)20(27)28/h2,4,7-10H,3,5-6,11H2,1H3,(H,27,28). The van der Waals surface area contributed by atoms with Gasteiger partial charge in [0.2, 0.25) is 0 Å². The number of hydrogen-bond acceptors (Lipinski definition) is 5. The normalized spacial score (nSPS) is 14.7. The molecule has 3 heterocycles. The van der Waals surface area contributed by atoms with Crippen LogP contribution in [0.25, 0.3) is 16.5 Å². The molecule has 11 heteroatoms. The number of aromatic nitrogens is 3. The molecule has 2 aromatic heterocycles. The van der Waals surface area contributed by atoms with Crippen LogP contribution in [-0.4, -0.2) is 58.4 Å². The number of rotatable bonds is 4. The summed E-state index contributed by atoms with van der Waals surface area (Å²) in [5.74, 6) is -2.26. The largest absolute Gasteiger partial charge is 0.465 e. The predicted molar refractivity (Wildman–Crippen MR) is 108 cm³/mol. The highest BCUT2D eigenvalue weighted by molar-refractivity contribution is 7.90. The molecule has 0 spiro atoms. The van der Waals surface area contributed by atoms with Gasteiger partial charge in [-0.2, -0.15) is 0 Å². The number of fused-ring (bicyclic) bond motifs is 1. The molecule has 0 fully saturated rings. The molecule has 0 unspecified atom stereocenters. The second-order valence-electron chi connectivity index (χ2n) is 7.25. The molecule has 1 aliphatic rings. The van der Waals surface area contributed by atoms with Crippen LogP contribution < -0.4 is 0 Å². The molecule has 0 saturated heterocycles. The number of nitrogens with zero attached hydrogens (tertiary/aromatic N) is 4. The number of benzene rings is 1. The summed E-state index contributed by atoms with van der Waals surface area (Å²) in [6, 6.07) is 2.39. The van der Waals surface area contributed by atoms with E-state index in [9.17, 15) is 22.0 Å². The Balaban J connectivity index is 1.58. The first-order valence-corrected chi connectivity index (χ1v) is 11.2. The van der Waals surface area contributed by atoms with E-state index in [1.165, 1.54) is 17.2 Å². The molecule has 1 amide bonds. The van der Waals surface area contributed by atoms with Gasteiger partial charge in [-0.15, -0.1) is 0 Å². The fourth-order valence-electron chi connectivity index (χ4n) is 3.57. The quantitative estimate of drug-likeness (QED) is 0.658. The number of carbonyl (C=O) groups is 1. The van der Waals surface area contributed by atoms with Crippen LogP contribution in [0.2, 0.25) is 0 Å². The first-order valence-electron chi connectivity index (χ1n) is 9.30. The van der Waals surface area contributed by atoms with Gasteiger partial charge in [0.05, 0.1) is 35.8 Å². The molecule has 4 rings (SSSR count). The topological polar surface area (TPSA) is 105 Å². The van der Waals surface area contributed by atoms with Crippen molar-refractivity contribution < 1.29 is 27.1 Å². The molecule has 0 radical (unpaired) electrons. The lowest BCUT2D eigenvalue weighted by molar-refractivity contribution is 0.150. The lowest BCUT2D eigenvalue weighted by Crippen LogP contribution is -2.33. The maximum Gasteiger partial charge on any atom is 0.407 e. The van der Waals surface area contributed by atoms with E-state index >= 15 is 0 Å². The lowest BCUT2D eigenvalue weighted by atomic mass is 10.1. The van der Waals surface area contributed by atoms with E-state index in [1.807, 2.05) is 0 Å². The summed E-state index contributed by atoms with van der Waals surface area (Å²) in [6.45, 7) is 0.850. The van der Waals surface area contributed by atoms with Gasteiger partial charge in [-0.05, 0) is 24.1 Å². The van der Waals surface area contributed by atoms with Gasteiger partial charge < -0.3 is 14.6 Å². The Morgan fingerprint density at radius 2 is 2.03 bits per heavy atom. The van der Waals surface area contributed by atoms with Crippen molar-refractivity contribution in [3.8, 4) is 0 Å². The molecule has 1 aromatic carbocycles. The van der Waals surface area contributed by atoms with Crippen LogP contribution in [0.3, 0.4) is 0 Å². The second kappa shape index (κ2) is 7.73. The molecule has 3 aromatic rings. The fourth-order valence-corrected chi connectivity index (χ4v) is 4.42. The highest BCUT2D eigenvalue weighted by atomic mass is 32.2. The summed E-state index contributed by atoms with van der Waals surface area (Å²) < 4.78 is 53.8. The Labute approximate surface area is 176 Å². The van der Waals surface area contributed by atoms with Crippen LogP contribution in [0.1, 0.15) is 17.8 Å². The van der Waals surface area contributed by atoms with Gasteiger partial charge in [0.25, 0.3) is 0 Å². The van der Waals surface area contributed by atoms with Crippen molar-refractivity contribution in [2.75, 3.05) is 19.3 Å². The van der Waals surface area contributed by atoms with Gasteiger partial charge >= 0.3 is 6.09 Å². The minimum atomic E-state index is -4.05. The number of carboxylic acid groups (broad SMARTS) is 1. The van der Waals surface area contributed by atoms with Crippen molar-refractivity contribution in [2.24, 2.45) is 0 Å². The van der Waals surface area contributed by atoms with Gasteiger partial charge in [-0.25, -0.2) is 22.0 Å². The Bertz CT molecular complexity index is 1320. The summed E-state index contributed by atoms with van der Waals surface area (Å²) >= 11 is 0. The molecular weight excluding hydrogens is 430 g/mol. The summed E-state index contributed by atoms with van der Waals surface area (Å²) in [5.41, 5.74) is 2.29. The van der Waals surface area contributed by atoms with Gasteiger partial charge in [-0.1, -0.05) is 6.08 Å². The van der Waals surface area contributed by atoms with Crippen molar-refractivity contribution >= 4 is 32.4 Å². The molecule has 162 valence electrons. The van der Waals surface area contributed by atoms with Crippen molar-refractivity contribution in [3.63, 3.8) is 0 Å². The molecular formula is C20H18F2N4O4S. The minimum Gasteiger partial charge on any atom is -0.465 e. The van der Waals surface area contributed by atoms with Gasteiger partial charge in [0.1, 0.15) is 10.7 Å². The Morgan fingerprint density at radius 3 is 2.61 bits per heavy atom. The zero-order valence-electron chi connectivity index (χ0n) is 16.4. The Kier molecular flexibility index (Phi) is 5.21. The van der Waals surface area contributed by atoms with Crippen molar-refractivity contribution in [1.82, 2.24) is 19.4 Å². The zero-order valence-corrected chi connectivity index (χ0v) is 17.2. The monoisotopic (exact) mass is 448 g/mol. The molecule has 0 bridgehead atoms. The minimum absolute atomic E-state index is 0.00162. The lowest BCUT2D eigenvalue weighted by Gasteiger charge is -2.23. The summed E-state index contributed by atoms with van der Waals surface area (Å²) in [6.07, 6.45) is 6.77. The average Bonchev–Trinajstić information content (AvgIpc) is 3.10. The molecule has 0 saturated carbocycles. The number of sulfone groups is 1. The summed E-state index contributed by atoms with van der Waals surface area (Å²) in [5, 5.41) is 9.01. The third kappa shape index (κ3) is 4.00. The van der Waals surface area contributed by atoms with E-state index in [1.54, 1.807) is 23.0 Å². The van der Waals surface area contributed by atoms with Gasteiger partial charge in [0.15, 0.2) is 15.7 Å². The average molecular weight is 448 g/mol. The first-order chi connectivity index (χ1) is 14.6. The molecule has 8 nitrogen and oxygen atoms in total. The second-order valence-corrected chi connectivity index (χ2v) is 9.20. The van der Waals surface area contributed by atoms with Crippen LogP contribution in [0, 0.1) is 11.6 Å². The van der Waals surface area contributed by atoms with Crippen LogP contribution >= 0.6 is 0 Å².